The summed E-state index contributed by atoms with van der Waals surface area (Å²) in [7, 11) is 0. The Kier molecular flexibility index (Phi) is 3.19. The van der Waals surface area contributed by atoms with Gasteiger partial charge in [-0.25, -0.2) is 0 Å². The second-order valence-electron chi connectivity index (χ2n) is 3.16. The third-order valence-corrected chi connectivity index (χ3v) is 2.72. The molecule has 2 aromatic rings. The van der Waals surface area contributed by atoms with Crippen molar-refractivity contribution in [3.63, 3.8) is 0 Å². The number of furan rings is 1. The number of hydrogen-bond donors (Lipinski definition) is 1. The molecule has 0 aliphatic heterocycles. The van der Waals surface area contributed by atoms with Crippen LogP contribution < -0.4 is 5.32 Å². The molecule has 0 saturated carbocycles. The quantitative estimate of drug-likeness (QED) is 0.860. The van der Waals surface area contributed by atoms with Crippen LogP contribution in [0.25, 0.3) is 0 Å². The molecule has 0 aliphatic carbocycles. The molecule has 0 aromatic carbocycles. The van der Waals surface area contributed by atoms with Crippen LogP contribution in [0.4, 0.5) is 0 Å². The van der Waals surface area contributed by atoms with Gasteiger partial charge in [-0.15, -0.1) is 0 Å². The molecule has 4 heteroatoms. The van der Waals surface area contributed by atoms with Gasteiger partial charge in [0.15, 0.2) is 0 Å². The largest absolute Gasteiger partial charge is 0.467 e. The Morgan fingerprint density at radius 3 is 3.07 bits per heavy atom. The van der Waals surface area contributed by atoms with Crippen molar-refractivity contribution in [2.24, 2.45) is 0 Å². The molecule has 2 rings (SSSR count). The molecule has 0 bridgehead atoms. The molecule has 0 atom stereocenters. The van der Waals surface area contributed by atoms with Crippen molar-refractivity contribution in [2.45, 2.75) is 13.0 Å². The Morgan fingerprint density at radius 2 is 2.40 bits per heavy atom. The molecule has 1 N–H and O–H groups in total. The summed E-state index contributed by atoms with van der Waals surface area (Å²) in [5.41, 5.74) is 1.05. The maximum Gasteiger partial charge on any atom is 0.224 e. The van der Waals surface area contributed by atoms with Crippen LogP contribution in [-0.2, 0) is 17.8 Å². The van der Waals surface area contributed by atoms with Gasteiger partial charge in [-0.2, -0.15) is 11.3 Å². The average molecular weight is 221 g/mol. The molecule has 0 aliphatic rings. The van der Waals surface area contributed by atoms with Gasteiger partial charge in [0, 0.05) is 0 Å². The van der Waals surface area contributed by atoms with Crippen molar-refractivity contribution < 1.29 is 9.21 Å². The zero-order valence-corrected chi connectivity index (χ0v) is 8.92. The van der Waals surface area contributed by atoms with Crippen molar-refractivity contribution in [1.82, 2.24) is 5.32 Å². The van der Waals surface area contributed by atoms with E-state index in [0.717, 1.165) is 11.3 Å². The van der Waals surface area contributed by atoms with Crippen LogP contribution in [0.5, 0.6) is 0 Å². The van der Waals surface area contributed by atoms with E-state index in [-0.39, 0.29) is 5.91 Å². The molecule has 1 amide bonds. The van der Waals surface area contributed by atoms with Crippen molar-refractivity contribution in [3.05, 3.63) is 46.5 Å². The second-order valence-corrected chi connectivity index (χ2v) is 3.94. The van der Waals surface area contributed by atoms with E-state index in [9.17, 15) is 4.79 Å². The van der Waals surface area contributed by atoms with Crippen LogP contribution >= 0.6 is 11.3 Å². The molecule has 15 heavy (non-hydrogen) atoms. The van der Waals surface area contributed by atoms with Gasteiger partial charge < -0.3 is 9.73 Å². The molecular formula is C11H11NO2S. The van der Waals surface area contributed by atoms with Crippen molar-refractivity contribution >= 4 is 17.2 Å². The molecule has 0 radical (unpaired) electrons. The van der Waals surface area contributed by atoms with Crippen LogP contribution in [0.15, 0.2) is 39.6 Å². The number of carbonyl (C=O) groups excluding carboxylic acids is 1. The van der Waals surface area contributed by atoms with Gasteiger partial charge in [-0.05, 0) is 34.5 Å². The lowest BCUT2D eigenvalue weighted by molar-refractivity contribution is -0.120. The first-order valence-electron chi connectivity index (χ1n) is 4.65. The van der Waals surface area contributed by atoms with Crippen molar-refractivity contribution in [3.8, 4) is 0 Å². The van der Waals surface area contributed by atoms with Gasteiger partial charge in [0.2, 0.25) is 5.91 Å². The summed E-state index contributed by atoms with van der Waals surface area (Å²) in [6.45, 7) is 0.454. The third-order valence-electron chi connectivity index (χ3n) is 1.98. The van der Waals surface area contributed by atoms with E-state index < -0.39 is 0 Å². The van der Waals surface area contributed by atoms with Crippen LogP contribution in [0.1, 0.15) is 11.3 Å². The second kappa shape index (κ2) is 4.79. The highest BCUT2D eigenvalue weighted by molar-refractivity contribution is 7.07. The Balaban J connectivity index is 1.78. The van der Waals surface area contributed by atoms with E-state index >= 15 is 0 Å². The van der Waals surface area contributed by atoms with Gasteiger partial charge in [-0.1, -0.05) is 0 Å². The van der Waals surface area contributed by atoms with E-state index in [1.807, 2.05) is 22.9 Å². The fourth-order valence-corrected chi connectivity index (χ4v) is 1.91. The monoisotopic (exact) mass is 221 g/mol. The molecule has 3 nitrogen and oxygen atoms in total. The van der Waals surface area contributed by atoms with Gasteiger partial charge in [0.05, 0.1) is 19.2 Å². The van der Waals surface area contributed by atoms with Gasteiger partial charge in [0.25, 0.3) is 0 Å². The number of carbonyl (C=O) groups is 1. The van der Waals surface area contributed by atoms with Crippen LogP contribution in [0.2, 0.25) is 0 Å². The third kappa shape index (κ3) is 2.95. The number of rotatable bonds is 4. The Morgan fingerprint density at radius 1 is 1.47 bits per heavy atom. The SMILES string of the molecule is O=C(Cc1ccsc1)NCc1ccco1. The van der Waals surface area contributed by atoms with E-state index in [4.69, 9.17) is 4.42 Å². The molecule has 2 aromatic heterocycles. The summed E-state index contributed by atoms with van der Waals surface area (Å²) < 4.78 is 5.11. The standard InChI is InChI=1S/C11H11NO2S/c13-11(6-9-3-5-15-8-9)12-7-10-2-1-4-14-10/h1-5,8H,6-7H2,(H,12,13). The predicted octanol–water partition coefficient (Wildman–Crippen LogP) is 2.20. The number of nitrogens with one attached hydrogen (secondary N) is 1. The van der Waals surface area contributed by atoms with Crippen LogP contribution in [0, 0.1) is 0 Å². The Labute approximate surface area is 91.7 Å². The lowest BCUT2D eigenvalue weighted by Crippen LogP contribution is -2.24. The van der Waals surface area contributed by atoms with E-state index in [0.29, 0.717) is 13.0 Å². The van der Waals surface area contributed by atoms with Gasteiger partial charge >= 0.3 is 0 Å². The minimum absolute atomic E-state index is 0.0183. The zero-order chi connectivity index (χ0) is 10.5. The summed E-state index contributed by atoms with van der Waals surface area (Å²) in [5, 5.41) is 6.74. The highest BCUT2D eigenvalue weighted by atomic mass is 32.1. The topological polar surface area (TPSA) is 42.2 Å². The first-order chi connectivity index (χ1) is 7.34. The summed E-state index contributed by atoms with van der Waals surface area (Å²) in [5.74, 6) is 0.790. The first kappa shape index (κ1) is 9.98. The molecule has 0 saturated heterocycles. The fraction of sp³-hybridized carbons (Fsp3) is 0.182. The molecule has 78 valence electrons. The number of hydrogen-bond acceptors (Lipinski definition) is 3. The van der Waals surface area contributed by atoms with Crippen molar-refractivity contribution in [1.29, 1.82) is 0 Å². The average Bonchev–Trinajstić information content (AvgIpc) is 2.86. The maximum atomic E-state index is 11.5. The number of thiophene rings is 1. The summed E-state index contributed by atoms with van der Waals surface area (Å²) >= 11 is 1.60. The maximum absolute atomic E-state index is 11.5. The number of amides is 1. The van der Waals surface area contributed by atoms with E-state index in [1.54, 1.807) is 23.7 Å². The van der Waals surface area contributed by atoms with Gasteiger partial charge in [0.1, 0.15) is 5.76 Å². The lowest BCUT2D eigenvalue weighted by Gasteiger charge is -2.01. The molecule has 0 unspecified atom stereocenters. The Bertz CT molecular complexity index is 406. The summed E-state index contributed by atoms with van der Waals surface area (Å²) in [6.07, 6.45) is 2.03. The van der Waals surface area contributed by atoms with Crippen LogP contribution in [-0.4, -0.2) is 5.91 Å². The molecular weight excluding hydrogens is 210 g/mol. The van der Waals surface area contributed by atoms with Gasteiger partial charge in [-0.3, -0.25) is 4.79 Å². The smallest absolute Gasteiger partial charge is 0.224 e. The minimum atomic E-state index is 0.0183. The fourth-order valence-electron chi connectivity index (χ4n) is 1.24. The summed E-state index contributed by atoms with van der Waals surface area (Å²) in [6, 6.07) is 5.60. The predicted molar refractivity (Wildman–Crippen MR) is 58.6 cm³/mol. The zero-order valence-electron chi connectivity index (χ0n) is 8.10. The first-order valence-corrected chi connectivity index (χ1v) is 5.59. The van der Waals surface area contributed by atoms with Crippen molar-refractivity contribution in [2.75, 3.05) is 0 Å². The highest BCUT2D eigenvalue weighted by Gasteiger charge is 2.04. The minimum Gasteiger partial charge on any atom is -0.467 e. The molecule has 0 fully saturated rings. The highest BCUT2D eigenvalue weighted by Crippen LogP contribution is 2.06. The van der Waals surface area contributed by atoms with Crippen LogP contribution in [0.3, 0.4) is 0 Å². The van der Waals surface area contributed by atoms with E-state index in [2.05, 4.69) is 5.32 Å². The molecule has 0 spiro atoms. The van der Waals surface area contributed by atoms with E-state index in [1.165, 1.54) is 0 Å². The molecule has 2 heterocycles. The normalized spacial score (nSPS) is 10.1. The Hall–Kier alpha value is -1.55. The lowest BCUT2D eigenvalue weighted by atomic mass is 10.2. The summed E-state index contributed by atoms with van der Waals surface area (Å²) in [4.78, 5) is 11.5.